The molecule has 0 atom stereocenters. The molecule has 0 radical (unpaired) electrons. The first kappa shape index (κ1) is 13.7. The maximum atomic E-state index is 5.78. The van der Waals surface area contributed by atoms with E-state index in [0.29, 0.717) is 11.8 Å². The van der Waals surface area contributed by atoms with Crippen LogP contribution in [0.1, 0.15) is 19.2 Å². The minimum absolute atomic E-state index is 0.562. The monoisotopic (exact) mass is 282 g/mol. The zero-order valence-corrected chi connectivity index (χ0v) is 12.0. The maximum absolute atomic E-state index is 5.78. The smallest absolute Gasteiger partial charge is 0.248 e. The number of aromatic nitrogens is 3. The average molecular weight is 282 g/mol. The molecule has 0 saturated carbocycles. The van der Waals surface area contributed by atoms with Crippen molar-refractivity contribution in [2.24, 2.45) is 0 Å². The van der Waals surface area contributed by atoms with Crippen molar-refractivity contribution in [3.8, 4) is 11.5 Å². The van der Waals surface area contributed by atoms with Crippen molar-refractivity contribution in [2.45, 2.75) is 19.8 Å². The van der Waals surface area contributed by atoms with Gasteiger partial charge in [0, 0.05) is 23.6 Å². The van der Waals surface area contributed by atoms with E-state index in [0.717, 1.165) is 42.4 Å². The SMILES string of the molecule is CCNCCCc1nnc(-c2cccc3ncccc23)o1. The normalized spacial score (nSPS) is 11.1. The number of pyridine rings is 1. The summed E-state index contributed by atoms with van der Waals surface area (Å²) < 4.78 is 5.78. The molecular formula is C16H18N4O. The van der Waals surface area contributed by atoms with Crippen LogP contribution in [0.2, 0.25) is 0 Å². The molecule has 108 valence electrons. The summed E-state index contributed by atoms with van der Waals surface area (Å²) in [5, 5.41) is 12.6. The van der Waals surface area contributed by atoms with Crippen LogP contribution in [-0.4, -0.2) is 28.3 Å². The first-order valence-corrected chi connectivity index (χ1v) is 7.25. The minimum atomic E-state index is 0.562. The van der Waals surface area contributed by atoms with Gasteiger partial charge in [-0.25, -0.2) is 0 Å². The number of rotatable bonds is 6. The molecule has 0 unspecified atom stereocenters. The maximum Gasteiger partial charge on any atom is 0.248 e. The lowest BCUT2D eigenvalue weighted by atomic mass is 10.1. The lowest BCUT2D eigenvalue weighted by Crippen LogP contribution is -2.14. The summed E-state index contributed by atoms with van der Waals surface area (Å²) >= 11 is 0. The third-order valence-corrected chi connectivity index (χ3v) is 3.34. The van der Waals surface area contributed by atoms with E-state index in [9.17, 15) is 0 Å². The Bertz CT molecular complexity index is 718. The Hall–Kier alpha value is -2.27. The van der Waals surface area contributed by atoms with Crippen molar-refractivity contribution in [1.82, 2.24) is 20.5 Å². The van der Waals surface area contributed by atoms with Crippen LogP contribution in [0.25, 0.3) is 22.4 Å². The summed E-state index contributed by atoms with van der Waals surface area (Å²) in [6.07, 6.45) is 3.57. The predicted molar refractivity (Wildman–Crippen MR) is 81.9 cm³/mol. The molecule has 2 heterocycles. The molecule has 0 spiro atoms. The lowest BCUT2D eigenvalue weighted by Gasteiger charge is -2.01. The molecule has 0 aliphatic heterocycles. The second-order valence-corrected chi connectivity index (χ2v) is 4.83. The van der Waals surface area contributed by atoms with Gasteiger partial charge in [0.1, 0.15) is 0 Å². The summed E-state index contributed by atoms with van der Waals surface area (Å²) in [6, 6.07) is 9.86. The molecule has 0 aliphatic rings. The number of benzene rings is 1. The fourth-order valence-corrected chi connectivity index (χ4v) is 2.29. The Morgan fingerprint density at radius 2 is 2.10 bits per heavy atom. The molecule has 1 N–H and O–H groups in total. The van der Waals surface area contributed by atoms with Gasteiger partial charge in [-0.2, -0.15) is 0 Å². The first-order chi connectivity index (χ1) is 10.4. The highest BCUT2D eigenvalue weighted by atomic mass is 16.4. The zero-order chi connectivity index (χ0) is 14.5. The van der Waals surface area contributed by atoms with Crippen LogP contribution < -0.4 is 5.32 Å². The molecule has 21 heavy (non-hydrogen) atoms. The molecule has 0 saturated heterocycles. The molecule has 3 aromatic rings. The molecule has 1 aromatic carbocycles. The number of hydrogen-bond acceptors (Lipinski definition) is 5. The summed E-state index contributed by atoms with van der Waals surface area (Å²) in [4.78, 5) is 4.35. The molecule has 0 bridgehead atoms. The zero-order valence-electron chi connectivity index (χ0n) is 12.0. The minimum Gasteiger partial charge on any atom is -0.421 e. The molecule has 2 aromatic heterocycles. The van der Waals surface area contributed by atoms with E-state index in [2.05, 4.69) is 27.4 Å². The third kappa shape index (κ3) is 3.08. The standard InChI is InChI=1S/C16H18N4O/c1-2-17-10-5-9-15-19-20-16(21-15)13-6-3-8-14-12(13)7-4-11-18-14/h3-4,6-8,11,17H,2,5,9-10H2,1H3. The summed E-state index contributed by atoms with van der Waals surface area (Å²) in [5.74, 6) is 1.25. The van der Waals surface area contributed by atoms with Gasteiger partial charge in [-0.05, 0) is 37.7 Å². The van der Waals surface area contributed by atoms with Crippen molar-refractivity contribution < 1.29 is 4.42 Å². The lowest BCUT2D eigenvalue weighted by molar-refractivity contribution is 0.493. The topological polar surface area (TPSA) is 63.8 Å². The fourth-order valence-electron chi connectivity index (χ4n) is 2.29. The predicted octanol–water partition coefficient (Wildman–Crippen LogP) is 2.83. The number of aryl methyl sites for hydroxylation is 1. The van der Waals surface area contributed by atoms with E-state index < -0.39 is 0 Å². The highest BCUT2D eigenvalue weighted by Crippen LogP contribution is 2.26. The molecule has 0 aliphatic carbocycles. The molecule has 0 amide bonds. The average Bonchev–Trinajstić information content (AvgIpc) is 3.00. The first-order valence-electron chi connectivity index (χ1n) is 7.25. The molecule has 0 fully saturated rings. The van der Waals surface area contributed by atoms with Gasteiger partial charge in [0.2, 0.25) is 11.8 Å². The van der Waals surface area contributed by atoms with Gasteiger partial charge in [0.25, 0.3) is 0 Å². The van der Waals surface area contributed by atoms with Gasteiger partial charge in [-0.1, -0.05) is 19.1 Å². The van der Waals surface area contributed by atoms with Crippen LogP contribution in [0.5, 0.6) is 0 Å². The number of fused-ring (bicyclic) bond motifs is 1. The van der Waals surface area contributed by atoms with E-state index in [-0.39, 0.29) is 0 Å². The van der Waals surface area contributed by atoms with Gasteiger partial charge in [0.05, 0.1) is 5.52 Å². The number of nitrogens with zero attached hydrogens (tertiary/aromatic N) is 3. The van der Waals surface area contributed by atoms with E-state index in [1.54, 1.807) is 6.20 Å². The Morgan fingerprint density at radius 3 is 3.00 bits per heavy atom. The highest BCUT2D eigenvalue weighted by Gasteiger charge is 2.11. The van der Waals surface area contributed by atoms with E-state index in [1.165, 1.54) is 0 Å². The number of hydrogen-bond donors (Lipinski definition) is 1. The van der Waals surface area contributed by atoms with Gasteiger partial charge < -0.3 is 9.73 Å². The largest absolute Gasteiger partial charge is 0.421 e. The Balaban J connectivity index is 1.81. The fraction of sp³-hybridized carbons (Fsp3) is 0.312. The second-order valence-electron chi connectivity index (χ2n) is 4.83. The summed E-state index contributed by atoms with van der Waals surface area (Å²) in [7, 11) is 0. The molecule has 3 rings (SSSR count). The van der Waals surface area contributed by atoms with Crippen molar-refractivity contribution in [3.63, 3.8) is 0 Å². The Morgan fingerprint density at radius 1 is 1.14 bits per heavy atom. The van der Waals surface area contributed by atoms with E-state index >= 15 is 0 Å². The van der Waals surface area contributed by atoms with Gasteiger partial charge in [0.15, 0.2) is 0 Å². The summed E-state index contributed by atoms with van der Waals surface area (Å²) in [6.45, 7) is 4.05. The molecule has 5 nitrogen and oxygen atoms in total. The van der Waals surface area contributed by atoms with Crippen molar-refractivity contribution in [1.29, 1.82) is 0 Å². The highest BCUT2D eigenvalue weighted by molar-refractivity contribution is 5.92. The second kappa shape index (κ2) is 6.45. The van der Waals surface area contributed by atoms with Crippen molar-refractivity contribution >= 4 is 10.9 Å². The van der Waals surface area contributed by atoms with Gasteiger partial charge in [-0.15, -0.1) is 10.2 Å². The van der Waals surface area contributed by atoms with Crippen molar-refractivity contribution in [3.05, 3.63) is 42.4 Å². The quantitative estimate of drug-likeness (QED) is 0.704. The van der Waals surface area contributed by atoms with E-state index in [1.807, 2.05) is 30.3 Å². The van der Waals surface area contributed by atoms with Crippen LogP contribution >= 0.6 is 0 Å². The van der Waals surface area contributed by atoms with Crippen LogP contribution in [0.4, 0.5) is 0 Å². The Kier molecular flexibility index (Phi) is 4.21. The molecule has 5 heteroatoms. The van der Waals surface area contributed by atoms with Crippen LogP contribution in [-0.2, 0) is 6.42 Å². The van der Waals surface area contributed by atoms with Crippen molar-refractivity contribution in [2.75, 3.05) is 13.1 Å². The van der Waals surface area contributed by atoms with E-state index in [4.69, 9.17) is 4.42 Å². The third-order valence-electron chi connectivity index (χ3n) is 3.34. The van der Waals surface area contributed by atoms with Crippen LogP contribution in [0.15, 0.2) is 40.9 Å². The van der Waals surface area contributed by atoms with Crippen LogP contribution in [0.3, 0.4) is 0 Å². The van der Waals surface area contributed by atoms with Gasteiger partial charge >= 0.3 is 0 Å². The molecular weight excluding hydrogens is 264 g/mol. The Labute approximate surface area is 123 Å². The summed E-state index contributed by atoms with van der Waals surface area (Å²) in [5.41, 5.74) is 1.87. The van der Waals surface area contributed by atoms with Crippen LogP contribution in [0, 0.1) is 0 Å². The number of nitrogens with one attached hydrogen (secondary N) is 1. The van der Waals surface area contributed by atoms with Gasteiger partial charge in [-0.3, -0.25) is 4.98 Å².